The fourth-order valence-corrected chi connectivity index (χ4v) is 2.93. The van der Waals surface area contributed by atoms with Crippen molar-refractivity contribution in [3.63, 3.8) is 0 Å². The number of hydrogen-bond acceptors (Lipinski definition) is 4. The van der Waals surface area contributed by atoms with Crippen LogP contribution in [0.5, 0.6) is 0 Å². The molecule has 2 unspecified atom stereocenters. The number of rotatable bonds is 6. The monoisotopic (exact) mass is 326 g/mol. The summed E-state index contributed by atoms with van der Waals surface area (Å²) in [7, 11) is 1.80. The topological polar surface area (TPSA) is 53.0 Å². The van der Waals surface area contributed by atoms with Gasteiger partial charge in [0, 0.05) is 30.7 Å². The van der Waals surface area contributed by atoms with E-state index in [1.54, 1.807) is 11.9 Å². The molecule has 1 fully saturated rings. The van der Waals surface area contributed by atoms with Crippen molar-refractivity contribution in [1.82, 2.24) is 9.80 Å². The molecule has 0 aromatic heterocycles. The van der Waals surface area contributed by atoms with Crippen molar-refractivity contribution in [1.29, 1.82) is 0 Å². The van der Waals surface area contributed by atoms with Gasteiger partial charge >= 0.3 is 5.97 Å². The molecule has 1 saturated heterocycles. The maximum atomic E-state index is 10.7. The first-order valence-corrected chi connectivity index (χ1v) is 7.85. The molecule has 0 spiro atoms. The molecule has 22 heavy (non-hydrogen) atoms. The third-order valence-corrected chi connectivity index (χ3v) is 4.24. The number of nitrogens with zero attached hydrogens (tertiary/aromatic N) is 2. The lowest BCUT2D eigenvalue weighted by molar-refractivity contribution is -0.138. The first kappa shape index (κ1) is 17.2. The van der Waals surface area contributed by atoms with Gasteiger partial charge in [0.25, 0.3) is 0 Å². The fourth-order valence-electron chi connectivity index (χ4n) is 2.80. The van der Waals surface area contributed by atoms with Crippen molar-refractivity contribution in [2.45, 2.75) is 19.1 Å². The van der Waals surface area contributed by atoms with Gasteiger partial charge in [0.1, 0.15) is 0 Å². The Morgan fingerprint density at radius 3 is 2.82 bits per heavy atom. The van der Waals surface area contributed by atoms with Crippen molar-refractivity contribution in [2.75, 3.05) is 39.8 Å². The molecule has 0 amide bonds. The maximum Gasteiger partial charge on any atom is 0.317 e. The van der Waals surface area contributed by atoms with E-state index in [9.17, 15) is 4.79 Å². The van der Waals surface area contributed by atoms with Gasteiger partial charge in [-0.05, 0) is 31.7 Å². The Morgan fingerprint density at radius 2 is 2.18 bits per heavy atom. The van der Waals surface area contributed by atoms with Crippen molar-refractivity contribution in [3.05, 3.63) is 34.9 Å². The molecule has 1 N–H and O–H groups in total. The van der Waals surface area contributed by atoms with Gasteiger partial charge in [-0.1, -0.05) is 23.7 Å². The predicted octanol–water partition coefficient (Wildman–Crippen LogP) is 2.12. The van der Waals surface area contributed by atoms with Crippen LogP contribution in [-0.2, 0) is 9.53 Å². The minimum atomic E-state index is -0.815. The summed E-state index contributed by atoms with van der Waals surface area (Å²) in [6.07, 6.45) is 0.0350. The van der Waals surface area contributed by atoms with Crippen LogP contribution in [0, 0.1) is 0 Å². The molecule has 6 heteroatoms. The van der Waals surface area contributed by atoms with Crippen LogP contribution in [0.1, 0.15) is 18.5 Å². The number of morpholine rings is 1. The van der Waals surface area contributed by atoms with Crippen molar-refractivity contribution < 1.29 is 14.6 Å². The van der Waals surface area contributed by atoms with Crippen LogP contribution in [0.25, 0.3) is 0 Å². The largest absolute Gasteiger partial charge is 0.480 e. The average Bonchev–Trinajstić information content (AvgIpc) is 2.46. The van der Waals surface area contributed by atoms with Gasteiger partial charge in [-0.25, -0.2) is 0 Å². The molecule has 1 aliphatic rings. The van der Waals surface area contributed by atoms with E-state index in [0.717, 1.165) is 18.1 Å². The summed E-state index contributed by atoms with van der Waals surface area (Å²) in [5.74, 6) is -0.815. The zero-order chi connectivity index (χ0) is 16.1. The van der Waals surface area contributed by atoms with E-state index in [-0.39, 0.29) is 18.7 Å². The zero-order valence-electron chi connectivity index (χ0n) is 13.0. The Balaban J connectivity index is 1.92. The third kappa shape index (κ3) is 4.95. The normalized spacial score (nSPS) is 21.0. The maximum absolute atomic E-state index is 10.7. The van der Waals surface area contributed by atoms with Gasteiger partial charge < -0.3 is 9.84 Å². The van der Waals surface area contributed by atoms with Gasteiger partial charge in [0.15, 0.2) is 0 Å². The van der Waals surface area contributed by atoms with E-state index in [4.69, 9.17) is 21.4 Å². The number of carboxylic acids is 1. The summed E-state index contributed by atoms with van der Waals surface area (Å²) in [5.41, 5.74) is 1.23. The van der Waals surface area contributed by atoms with E-state index in [1.165, 1.54) is 5.56 Å². The zero-order valence-corrected chi connectivity index (χ0v) is 13.8. The average molecular weight is 327 g/mol. The van der Waals surface area contributed by atoms with Gasteiger partial charge in [-0.15, -0.1) is 0 Å². The molecular formula is C16H23ClN2O3. The number of aliphatic carboxylic acids is 1. The van der Waals surface area contributed by atoms with E-state index < -0.39 is 5.97 Å². The van der Waals surface area contributed by atoms with Crippen LogP contribution >= 0.6 is 11.6 Å². The number of carbonyl (C=O) groups is 1. The van der Waals surface area contributed by atoms with E-state index in [1.807, 2.05) is 24.3 Å². The first-order chi connectivity index (χ1) is 10.5. The predicted molar refractivity (Wildman–Crippen MR) is 86.3 cm³/mol. The van der Waals surface area contributed by atoms with Gasteiger partial charge in [0.2, 0.25) is 0 Å². The SMILES string of the molecule is CC(c1ccc(Cl)cc1)N1CCOC(CN(C)CC(=O)O)C1. The van der Waals surface area contributed by atoms with Crippen LogP contribution in [0.15, 0.2) is 24.3 Å². The number of hydrogen-bond donors (Lipinski definition) is 1. The van der Waals surface area contributed by atoms with Crippen molar-refractivity contribution in [3.8, 4) is 0 Å². The van der Waals surface area contributed by atoms with Crippen LogP contribution in [-0.4, -0.2) is 66.8 Å². The Morgan fingerprint density at radius 1 is 1.50 bits per heavy atom. The second-order valence-electron chi connectivity index (χ2n) is 5.81. The Bertz CT molecular complexity index is 495. The molecule has 2 atom stereocenters. The molecule has 5 nitrogen and oxygen atoms in total. The Labute approximate surface area is 136 Å². The van der Waals surface area contributed by atoms with Crippen LogP contribution < -0.4 is 0 Å². The first-order valence-electron chi connectivity index (χ1n) is 7.47. The number of carboxylic acid groups (broad SMARTS) is 1. The lowest BCUT2D eigenvalue weighted by Gasteiger charge is -2.38. The molecule has 0 saturated carbocycles. The molecule has 2 rings (SSSR count). The Kier molecular flexibility index (Phi) is 6.20. The highest BCUT2D eigenvalue weighted by Crippen LogP contribution is 2.24. The third-order valence-electron chi connectivity index (χ3n) is 3.99. The quantitative estimate of drug-likeness (QED) is 0.868. The number of halogens is 1. The van der Waals surface area contributed by atoms with Crippen LogP contribution in [0.2, 0.25) is 5.02 Å². The molecule has 0 radical (unpaired) electrons. The molecule has 0 aliphatic carbocycles. The molecule has 1 aromatic rings. The van der Waals surface area contributed by atoms with Gasteiger partial charge in [-0.3, -0.25) is 14.6 Å². The summed E-state index contributed by atoms with van der Waals surface area (Å²) in [6, 6.07) is 8.20. The highest BCUT2D eigenvalue weighted by atomic mass is 35.5. The highest BCUT2D eigenvalue weighted by molar-refractivity contribution is 6.30. The van der Waals surface area contributed by atoms with Crippen molar-refractivity contribution in [2.24, 2.45) is 0 Å². The second-order valence-corrected chi connectivity index (χ2v) is 6.24. The van der Waals surface area contributed by atoms with Crippen LogP contribution in [0.3, 0.4) is 0 Å². The Hall–Kier alpha value is -1.14. The molecule has 0 bridgehead atoms. The highest BCUT2D eigenvalue weighted by Gasteiger charge is 2.26. The molecule has 1 aromatic carbocycles. The number of likely N-dealkylation sites (N-methyl/N-ethyl adjacent to an activating group) is 1. The summed E-state index contributed by atoms with van der Waals surface area (Å²) in [6.45, 7) is 5.18. The lowest BCUT2D eigenvalue weighted by Crippen LogP contribution is -2.48. The standard InChI is InChI=1S/C16H23ClN2O3/c1-12(13-3-5-14(17)6-4-13)19-7-8-22-15(10-19)9-18(2)11-16(20)21/h3-6,12,15H,7-11H2,1-2H3,(H,20,21). The minimum absolute atomic E-state index is 0.0343. The number of ether oxygens (including phenoxy) is 1. The van der Waals surface area contributed by atoms with E-state index in [2.05, 4.69) is 11.8 Å². The second kappa shape index (κ2) is 7.92. The lowest BCUT2D eigenvalue weighted by atomic mass is 10.1. The van der Waals surface area contributed by atoms with Gasteiger partial charge in [0.05, 0.1) is 19.3 Å². The van der Waals surface area contributed by atoms with E-state index in [0.29, 0.717) is 13.2 Å². The van der Waals surface area contributed by atoms with Crippen LogP contribution in [0.4, 0.5) is 0 Å². The molecule has 1 heterocycles. The smallest absolute Gasteiger partial charge is 0.317 e. The minimum Gasteiger partial charge on any atom is -0.480 e. The summed E-state index contributed by atoms with van der Waals surface area (Å²) < 4.78 is 5.77. The summed E-state index contributed by atoms with van der Waals surface area (Å²) in [5, 5.41) is 9.56. The fraction of sp³-hybridized carbons (Fsp3) is 0.562. The summed E-state index contributed by atoms with van der Waals surface area (Å²) in [4.78, 5) is 14.9. The molecular weight excluding hydrogens is 304 g/mol. The molecule has 1 aliphatic heterocycles. The summed E-state index contributed by atoms with van der Waals surface area (Å²) >= 11 is 5.94. The van der Waals surface area contributed by atoms with E-state index >= 15 is 0 Å². The van der Waals surface area contributed by atoms with Crippen molar-refractivity contribution >= 4 is 17.6 Å². The van der Waals surface area contributed by atoms with Gasteiger partial charge in [-0.2, -0.15) is 0 Å². The number of benzene rings is 1. The molecule has 122 valence electrons.